The van der Waals surface area contributed by atoms with Crippen LogP contribution in [0.25, 0.3) is 0 Å². The van der Waals surface area contributed by atoms with E-state index in [-0.39, 0.29) is 36.7 Å². The minimum atomic E-state index is -1.62. The molecule has 0 radical (unpaired) electrons. The van der Waals surface area contributed by atoms with Crippen LogP contribution in [0.5, 0.6) is 0 Å². The molecule has 1 saturated heterocycles. The van der Waals surface area contributed by atoms with Gasteiger partial charge < -0.3 is 21.1 Å². The molecule has 5 N–H and O–H groups in total. The first-order valence-corrected chi connectivity index (χ1v) is 13.4. The molecule has 3 amide bonds. The van der Waals surface area contributed by atoms with Crippen LogP contribution in [0.3, 0.4) is 0 Å². The fraction of sp³-hybridized carbons (Fsp3) is 0.615. The van der Waals surface area contributed by atoms with Gasteiger partial charge in [0.2, 0.25) is 17.7 Å². The summed E-state index contributed by atoms with van der Waals surface area (Å²) >= 11 is 0. The number of amides is 3. The van der Waals surface area contributed by atoms with Gasteiger partial charge in [0.15, 0.2) is 0 Å². The van der Waals surface area contributed by atoms with Gasteiger partial charge in [-0.05, 0) is 57.1 Å². The molecule has 41 heavy (non-hydrogen) atoms. The van der Waals surface area contributed by atoms with Gasteiger partial charge in [0, 0.05) is 6.07 Å². The van der Waals surface area contributed by atoms with Crippen LogP contribution in [0.15, 0.2) is 18.2 Å². The summed E-state index contributed by atoms with van der Waals surface area (Å²) in [4.78, 5) is 72.7. The van der Waals surface area contributed by atoms with Crippen LogP contribution >= 0.6 is 0 Å². The maximum Gasteiger partial charge on any atom is 0.326 e. The normalized spacial score (nSPS) is 18.8. The number of nitro benzene ring substituents is 2. The Morgan fingerprint density at radius 3 is 2.02 bits per heavy atom. The van der Waals surface area contributed by atoms with Crippen LogP contribution in [-0.4, -0.2) is 63.3 Å². The van der Waals surface area contributed by atoms with Crippen LogP contribution in [0, 0.1) is 32.1 Å². The first-order chi connectivity index (χ1) is 19.1. The molecule has 2 rings (SSSR count). The molecule has 1 aromatic carbocycles. The molecule has 1 heterocycles. The molecule has 4 atom stereocenters. The van der Waals surface area contributed by atoms with Gasteiger partial charge in [-0.1, -0.05) is 27.7 Å². The number of non-ortho nitro benzene ring substituents is 1. The van der Waals surface area contributed by atoms with Gasteiger partial charge in [-0.25, -0.2) is 4.79 Å². The average molecular weight is 579 g/mol. The second-order valence-electron chi connectivity index (χ2n) is 11.1. The lowest BCUT2D eigenvalue weighted by molar-refractivity contribution is -0.394. The summed E-state index contributed by atoms with van der Waals surface area (Å²) < 4.78 is 0. The lowest BCUT2D eigenvalue weighted by Crippen LogP contribution is -2.59. The van der Waals surface area contributed by atoms with E-state index in [1.165, 1.54) is 13.0 Å². The smallest absolute Gasteiger partial charge is 0.326 e. The fourth-order valence-corrected chi connectivity index (χ4v) is 4.79. The van der Waals surface area contributed by atoms with Crippen LogP contribution in [0.4, 0.5) is 11.4 Å². The largest absolute Gasteiger partial charge is 0.480 e. The molecule has 0 saturated carbocycles. The van der Waals surface area contributed by atoms with Crippen LogP contribution in [-0.2, 0) is 24.7 Å². The third-order valence-electron chi connectivity index (χ3n) is 6.79. The van der Waals surface area contributed by atoms with E-state index in [1.807, 2.05) is 27.7 Å². The SMILES string of the molecule is CC(C)C[C@H](NC(=O)[C@H](C)NC(=O)[C@H](CC(C)C)NC(=O)[C@]1(c2ccc([N+](=O)[O-])cc2[N+](=O)[O-])CCCN1)C(=O)O. The van der Waals surface area contributed by atoms with E-state index in [0.29, 0.717) is 13.0 Å². The Bertz CT molecular complexity index is 1180. The summed E-state index contributed by atoms with van der Waals surface area (Å²) in [6, 6.07) is -0.350. The Labute approximate surface area is 237 Å². The molecule has 1 aliphatic heterocycles. The maximum atomic E-state index is 13.7. The third-order valence-corrected chi connectivity index (χ3v) is 6.79. The Morgan fingerprint density at radius 2 is 1.54 bits per heavy atom. The van der Waals surface area contributed by atoms with E-state index in [1.54, 1.807) is 0 Å². The Morgan fingerprint density at radius 1 is 0.927 bits per heavy atom. The minimum absolute atomic E-state index is 0.00461. The van der Waals surface area contributed by atoms with Crippen molar-refractivity contribution in [2.45, 2.75) is 84.0 Å². The number of nitrogens with zero attached hydrogens (tertiary/aromatic N) is 2. The van der Waals surface area contributed by atoms with Gasteiger partial charge >= 0.3 is 5.97 Å². The van der Waals surface area contributed by atoms with Crippen molar-refractivity contribution >= 4 is 35.1 Å². The second-order valence-corrected chi connectivity index (χ2v) is 11.1. The Balaban J connectivity index is 2.31. The minimum Gasteiger partial charge on any atom is -0.480 e. The lowest BCUT2D eigenvalue weighted by atomic mass is 9.85. The molecular formula is C26H38N6O9. The summed E-state index contributed by atoms with van der Waals surface area (Å²) in [5.41, 5.74) is -2.80. The third kappa shape index (κ3) is 8.42. The van der Waals surface area contributed by atoms with Gasteiger partial charge in [0.25, 0.3) is 11.4 Å². The van der Waals surface area contributed by atoms with Crippen molar-refractivity contribution in [2.24, 2.45) is 11.8 Å². The van der Waals surface area contributed by atoms with Crippen molar-refractivity contribution in [3.63, 3.8) is 0 Å². The van der Waals surface area contributed by atoms with Crippen LogP contribution < -0.4 is 21.3 Å². The molecule has 0 aromatic heterocycles. The van der Waals surface area contributed by atoms with E-state index in [4.69, 9.17) is 0 Å². The molecule has 0 aliphatic carbocycles. The maximum absolute atomic E-state index is 13.7. The zero-order chi connectivity index (χ0) is 31.1. The zero-order valence-electron chi connectivity index (χ0n) is 23.8. The number of nitrogens with one attached hydrogen (secondary N) is 4. The number of hydrogen-bond acceptors (Lipinski definition) is 9. The van der Waals surface area contributed by atoms with Crippen molar-refractivity contribution in [3.05, 3.63) is 44.0 Å². The molecule has 0 spiro atoms. The average Bonchev–Trinajstić information content (AvgIpc) is 3.37. The van der Waals surface area contributed by atoms with E-state index in [9.17, 15) is 44.5 Å². The van der Waals surface area contributed by atoms with Gasteiger partial charge in [0.1, 0.15) is 23.7 Å². The highest BCUT2D eigenvalue weighted by Crippen LogP contribution is 2.38. The second kappa shape index (κ2) is 14.0. The number of carbonyl (C=O) groups is 4. The van der Waals surface area contributed by atoms with Gasteiger partial charge in [-0.3, -0.25) is 39.9 Å². The van der Waals surface area contributed by atoms with E-state index >= 15 is 0 Å². The zero-order valence-corrected chi connectivity index (χ0v) is 23.8. The molecule has 15 nitrogen and oxygen atoms in total. The quantitative estimate of drug-likeness (QED) is 0.159. The van der Waals surface area contributed by atoms with Crippen molar-refractivity contribution in [1.29, 1.82) is 0 Å². The number of nitro groups is 2. The molecule has 0 unspecified atom stereocenters. The first kappa shape index (κ1) is 33.1. The van der Waals surface area contributed by atoms with Gasteiger partial charge in [-0.2, -0.15) is 0 Å². The number of hydrogen-bond donors (Lipinski definition) is 5. The predicted molar refractivity (Wildman–Crippen MR) is 147 cm³/mol. The molecule has 15 heteroatoms. The van der Waals surface area contributed by atoms with Crippen molar-refractivity contribution in [1.82, 2.24) is 21.3 Å². The monoisotopic (exact) mass is 578 g/mol. The molecule has 1 fully saturated rings. The molecule has 1 aromatic rings. The molecule has 226 valence electrons. The summed E-state index contributed by atoms with van der Waals surface area (Å²) in [7, 11) is 0. The summed E-state index contributed by atoms with van der Waals surface area (Å²) in [5, 5.41) is 43.1. The van der Waals surface area contributed by atoms with Crippen molar-refractivity contribution < 1.29 is 34.1 Å². The fourth-order valence-electron chi connectivity index (χ4n) is 4.79. The Kier molecular flexibility index (Phi) is 11.3. The van der Waals surface area contributed by atoms with Crippen molar-refractivity contribution in [3.8, 4) is 0 Å². The number of aliphatic carboxylic acids is 1. The standard InChI is InChI=1S/C26H38N6O9/c1-14(2)11-19(23(34)28-16(5)22(33)29-20(24(35)36)12-15(3)4)30-25(37)26(9-6-10-27-26)18-8-7-17(31(38)39)13-21(18)32(40)41/h7-8,13-16,19-20,27H,6,9-12H2,1-5H3,(H,28,34)(H,29,33)(H,30,37)(H,35,36)/t16-,19-,20-,26+/m0/s1. The molecular weight excluding hydrogens is 540 g/mol. The number of carboxylic acid groups (broad SMARTS) is 1. The highest BCUT2D eigenvalue weighted by Gasteiger charge is 2.48. The summed E-state index contributed by atoms with van der Waals surface area (Å²) in [6.45, 7) is 8.97. The Hall–Kier alpha value is -4.14. The topological polar surface area (TPSA) is 223 Å². The number of carboxylic acids is 1. The number of benzene rings is 1. The van der Waals surface area contributed by atoms with Gasteiger partial charge in [-0.15, -0.1) is 0 Å². The van der Waals surface area contributed by atoms with E-state index in [2.05, 4.69) is 21.3 Å². The number of carbonyl (C=O) groups excluding carboxylic acids is 3. The first-order valence-electron chi connectivity index (χ1n) is 13.4. The molecule has 0 bridgehead atoms. The number of rotatable bonds is 14. The summed E-state index contributed by atoms with van der Waals surface area (Å²) in [5.74, 6) is -3.43. The van der Waals surface area contributed by atoms with Crippen LogP contribution in [0.2, 0.25) is 0 Å². The predicted octanol–water partition coefficient (Wildman–Crippen LogP) is 1.73. The highest BCUT2D eigenvalue weighted by molar-refractivity contribution is 5.96. The van der Waals surface area contributed by atoms with E-state index < -0.39 is 68.6 Å². The summed E-state index contributed by atoms with van der Waals surface area (Å²) in [6.07, 6.45) is 0.965. The highest BCUT2D eigenvalue weighted by atomic mass is 16.6. The lowest BCUT2D eigenvalue weighted by Gasteiger charge is -2.31. The molecule has 1 aliphatic rings. The van der Waals surface area contributed by atoms with Crippen molar-refractivity contribution in [2.75, 3.05) is 6.54 Å². The van der Waals surface area contributed by atoms with Crippen LogP contribution in [0.1, 0.15) is 65.9 Å². The van der Waals surface area contributed by atoms with E-state index in [0.717, 1.165) is 12.1 Å². The van der Waals surface area contributed by atoms with Gasteiger partial charge in [0.05, 0.1) is 21.5 Å².